The number of carbonyl (C=O) groups excluding carboxylic acids is 2. The summed E-state index contributed by atoms with van der Waals surface area (Å²) in [5.41, 5.74) is 3.00. The van der Waals surface area contributed by atoms with Crippen molar-refractivity contribution in [2.75, 3.05) is 6.61 Å². The number of alkyl carbamates (subject to hydrolysis) is 1. The van der Waals surface area contributed by atoms with E-state index in [-0.39, 0.29) is 12.5 Å². The highest BCUT2D eigenvalue weighted by Gasteiger charge is 2.32. The molecule has 2 aromatic carbocycles. The lowest BCUT2D eigenvalue weighted by atomic mass is 9.98. The fraction of sp³-hybridized carbons (Fsp3) is 0.318. The Morgan fingerprint density at radius 1 is 1.03 bits per heavy atom. The Morgan fingerprint density at radius 3 is 2.07 bits per heavy atom. The molecule has 1 aliphatic rings. The van der Waals surface area contributed by atoms with Crippen molar-refractivity contribution in [1.29, 1.82) is 0 Å². The predicted octanol–water partition coefficient (Wildman–Crippen LogP) is 2.89. The highest BCUT2D eigenvalue weighted by molar-refractivity contribution is 5.90. The van der Waals surface area contributed by atoms with Crippen LogP contribution in [0.5, 0.6) is 0 Å². The minimum absolute atomic E-state index is 0.0803. The summed E-state index contributed by atoms with van der Waals surface area (Å²) in [4.78, 5) is 35.5. The number of ether oxygens (including phenoxy) is 1. The molecule has 152 valence electrons. The summed E-state index contributed by atoms with van der Waals surface area (Å²) in [6.07, 6.45) is -0.734. The average molecular weight is 396 g/mol. The van der Waals surface area contributed by atoms with Gasteiger partial charge in [0.25, 0.3) is 0 Å². The van der Waals surface area contributed by atoms with E-state index < -0.39 is 29.6 Å². The quantitative estimate of drug-likeness (QED) is 0.696. The first-order valence-electron chi connectivity index (χ1n) is 9.37. The van der Waals surface area contributed by atoms with Crippen molar-refractivity contribution in [2.45, 2.75) is 38.3 Å². The van der Waals surface area contributed by atoms with Crippen LogP contribution in [-0.4, -0.2) is 41.3 Å². The van der Waals surface area contributed by atoms with Crippen molar-refractivity contribution in [2.24, 2.45) is 0 Å². The second-order valence-corrected chi connectivity index (χ2v) is 7.61. The first-order chi connectivity index (χ1) is 13.7. The van der Waals surface area contributed by atoms with Crippen molar-refractivity contribution < 1.29 is 24.2 Å². The zero-order valence-electron chi connectivity index (χ0n) is 16.6. The molecule has 0 spiro atoms. The number of aliphatic carboxylic acids is 1. The van der Waals surface area contributed by atoms with Gasteiger partial charge in [-0.05, 0) is 43.0 Å². The van der Waals surface area contributed by atoms with E-state index >= 15 is 0 Å². The Balaban J connectivity index is 1.61. The fourth-order valence-corrected chi connectivity index (χ4v) is 3.35. The first-order valence-corrected chi connectivity index (χ1v) is 9.37. The number of hydrogen-bond donors (Lipinski definition) is 3. The van der Waals surface area contributed by atoms with Crippen LogP contribution in [0.25, 0.3) is 11.1 Å². The minimum Gasteiger partial charge on any atom is -0.480 e. The summed E-state index contributed by atoms with van der Waals surface area (Å²) in [7, 11) is 0. The summed E-state index contributed by atoms with van der Waals surface area (Å²) in [5.74, 6) is -1.85. The van der Waals surface area contributed by atoms with Gasteiger partial charge >= 0.3 is 12.1 Å². The molecular weight excluding hydrogens is 372 g/mol. The molecule has 0 bridgehead atoms. The van der Waals surface area contributed by atoms with Gasteiger partial charge in [-0.1, -0.05) is 48.5 Å². The largest absolute Gasteiger partial charge is 0.480 e. The van der Waals surface area contributed by atoms with Gasteiger partial charge in [0, 0.05) is 5.92 Å². The van der Waals surface area contributed by atoms with Crippen LogP contribution in [0.2, 0.25) is 0 Å². The highest BCUT2D eigenvalue weighted by atomic mass is 16.5. The van der Waals surface area contributed by atoms with Crippen molar-refractivity contribution in [1.82, 2.24) is 10.6 Å². The summed E-state index contributed by atoms with van der Waals surface area (Å²) in [6.45, 7) is 4.34. The first kappa shape index (κ1) is 20.4. The Labute approximate surface area is 169 Å². The molecule has 2 aromatic rings. The van der Waals surface area contributed by atoms with E-state index in [1.165, 1.54) is 20.8 Å². The third-order valence-electron chi connectivity index (χ3n) is 5.04. The van der Waals surface area contributed by atoms with E-state index in [0.717, 1.165) is 22.3 Å². The molecule has 2 amide bonds. The number of nitrogens with one attached hydrogen (secondary N) is 2. The molecule has 0 unspecified atom stereocenters. The number of amides is 2. The molecule has 1 aliphatic carbocycles. The molecule has 0 aromatic heterocycles. The van der Waals surface area contributed by atoms with Gasteiger partial charge in [-0.15, -0.1) is 0 Å². The number of carboxylic acid groups (broad SMARTS) is 1. The van der Waals surface area contributed by atoms with Crippen molar-refractivity contribution in [3.8, 4) is 11.1 Å². The Morgan fingerprint density at radius 2 is 1.55 bits per heavy atom. The number of carboxylic acids is 1. The smallest absolute Gasteiger partial charge is 0.407 e. The summed E-state index contributed by atoms with van der Waals surface area (Å²) in [6, 6.07) is 15.0. The average Bonchev–Trinajstić information content (AvgIpc) is 3.00. The van der Waals surface area contributed by atoms with Crippen LogP contribution in [0.4, 0.5) is 4.79 Å². The van der Waals surface area contributed by atoms with E-state index in [1.54, 1.807) is 0 Å². The van der Waals surface area contributed by atoms with Gasteiger partial charge in [0.15, 0.2) is 0 Å². The molecule has 1 atom stereocenters. The molecule has 0 aliphatic heterocycles. The van der Waals surface area contributed by atoms with E-state index in [0.29, 0.717) is 0 Å². The van der Waals surface area contributed by atoms with Crippen LogP contribution < -0.4 is 10.6 Å². The molecule has 0 radical (unpaired) electrons. The van der Waals surface area contributed by atoms with E-state index in [2.05, 4.69) is 10.6 Å². The standard InChI is InChI=1S/C22H24N2O5/c1-13(19(25)24-22(2,3)20(26)27)23-21(28)29-12-18-16-10-6-4-8-14(16)15-9-5-7-11-17(15)18/h4-11,13,18H,12H2,1-3H3,(H,23,28)(H,24,25)(H,26,27)/t13-/m1/s1. The molecule has 0 fully saturated rings. The number of hydrogen-bond acceptors (Lipinski definition) is 4. The lowest BCUT2D eigenvalue weighted by Gasteiger charge is -2.23. The highest BCUT2D eigenvalue weighted by Crippen LogP contribution is 2.44. The lowest BCUT2D eigenvalue weighted by Crippen LogP contribution is -2.55. The maximum atomic E-state index is 12.2. The third kappa shape index (κ3) is 4.23. The van der Waals surface area contributed by atoms with Gasteiger partial charge in [-0.25, -0.2) is 9.59 Å². The topological polar surface area (TPSA) is 105 Å². The molecule has 7 nitrogen and oxygen atoms in total. The van der Waals surface area contributed by atoms with Crippen LogP contribution >= 0.6 is 0 Å². The number of fused-ring (bicyclic) bond motifs is 3. The Kier molecular flexibility index (Phi) is 5.59. The van der Waals surface area contributed by atoms with Crippen LogP contribution in [0.1, 0.15) is 37.8 Å². The number of carbonyl (C=O) groups is 3. The van der Waals surface area contributed by atoms with E-state index in [4.69, 9.17) is 9.84 Å². The zero-order valence-corrected chi connectivity index (χ0v) is 16.6. The molecule has 0 heterocycles. The molecule has 0 saturated carbocycles. The number of rotatable bonds is 6. The Bertz CT molecular complexity index is 908. The van der Waals surface area contributed by atoms with Gasteiger partial charge in [0.1, 0.15) is 18.2 Å². The normalized spacial score (nSPS) is 13.8. The van der Waals surface area contributed by atoms with Crippen LogP contribution in [0.15, 0.2) is 48.5 Å². The molecule has 3 N–H and O–H groups in total. The fourth-order valence-electron chi connectivity index (χ4n) is 3.35. The van der Waals surface area contributed by atoms with Gasteiger partial charge in [-0.3, -0.25) is 4.79 Å². The molecule has 0 saturated heterocycles. The van der Waals surface area contributed by atoms with Gasteiger partial charge in [0.05, 0.1) is 0 Å². The van der Waals surface area contributed by atoms with Gasteiger partial charge < -0.3 is 20.5 Å². The second kappa shape index (κ2) is 7.95. The van der Waals surface area contributed by atoms with E-state index in [9.17, 15) is 14.4 Å². The predicted molar refractivity (Wildman–Crippen MR) is 108 cm³/mol. The third-order valence-corrected chi connectivity index (χ3v) is 5.04. The van der Waals surface area contributed by atoms with Crippen molar-refractivity contribution in [3.05, 3.63) is 59.7 Å². The van der Waals surface area contributed by atoms with Crippen molar-refractivity contribution >= 4 is 18.0 Å². The second-order valence-electron chi connectivity index (χ2n) is 7.61. The zero-order chi connectivity index (χ0) is 21.2. The summed E-state index contributed by atoms with van der Waals surface area (Å²) < 4.78 is 5.39. The Hall–Kier alpha value is -3.35. The number of benzene rings is 2. The molecule has 3 rings (SSSR count). The maximum absolute atomic E-state index is 12.2. The van der Waals surface area contributed by atoms with Crippen molar-refractivity contribution in [3.63, 3.8) is 0 Å². The maximum Gasteiger partial charge on any atom is 0.407 e. The lowest BCUT2D eigenvalue weighted by molar-refractivity contribution is -0.146. The van der Waals surface area contributed by atoms with Crippen LogP contribution in [0, 0.1) is 0 Å². The van der Waals surface area contributed by atoms with Crippen LogP contribution in [0.3, 0.4) is 0 Å². The molecular formula is C22H24N2O5. The SMILES string of the molecule is C[C@@H](NC(=O)OCC1c2ccccc2-c2ccccc21)C(=O)NC(C)(C)C(=O)O. The summed E-state index contributed by atoms with van der Waals surface area (Å²) in [5, 5.41) is 13.9. The van der Waals surface area contributed by atoms with Gasteiger partial charge in [-0.2, -0.15) is 0 Å². The monoisotopic (exact) mass is 396 g/mol. The van der Waals surface area contributed by atoms with Gasteiger partial charge in [0.2, 0.25) is 5.91 Å². The van der Waals surface area contributed by atoms with E-state index in [1.807, 2.05) is 48.5 Å². The molecule has 7 heteroatoms. The van der Waals surface area contributed by atoms with Crippen LogP contribution in [-0.2, 0) is 14.3 Å². The summed E-state index contributed by atoms with van der Waals surface area (Å²) >= 11 is 0. The molecule has 29 heavy (non-hydrogen) atoms. The minimum atomic E-state index is -1.44.